The van der Waals surface area contributed by atoms with Gasteiger partial charge in [0.2, 0.25) is 0 Å². The molecule has 0 saturated heterocycles. The highest BCUT2D eigenvalue weighted by atomic mass is 16.1. The number of benzene rings is 2. The summed E-state index contributed by atoms with van der Waals surface area (Å²) in [4.78, 5) is 16.2. The quantitative estimate of drug-likeness (QED) is 0.659. The molecule has 0 saturated carbocycles. The molecule has 23 heavy (non-hydrogen) atoms. The molecule has 0 aliphatic carbocycles. The van der Waals surface area contributed by atoms with Gasteiger partial charge in [-0.25, -0.2) is 4.98 Å². The summed E-state index contributed by atoms with van der Waals surface area (Å²) < 4.78 is 2.10. The van der Waals surface area contributed by atoms with Crippen LogP contribution in [0.3, 0.4) is 0 Å². The van der Waals surface area contributed by atoms with Crippen LogP contribution in [-0.4, -0.2) is 15.3 Å². The fraction of sp³-hybridized carbons (Fsp3) is 0.200. The maximum Gasteiger partial charge on any atom is 0.159 e. The molecule has 3 rings (SSSR count). The lowest BCUT2D eigenvalue weighted by Crippen LogP contribution is -2.03. The van der Waals surface area contributed by atoms with Gasteiger partial charge in [0, 0.05) is 23.5 Å². The van der Waals surface area contributed by atoms with Crippen molar-refractivity contribution in [2.45, 2.75) is 27.7 Å². The van der Waals surface area contributed by atoms with Crippen molar-refractivity contribution in [1.82, 2.24) is 9.55 Å². The summed E-state index contributed by atoms with van der Waals surface area (Å²) in [6.45, 7) is 7.92. The van der Waals surface area contributed by atoms with Crippen LogP contribution >= 0.6 is 0 Å². The van der Waals surface area contributed by atoms with E-state index in [9.17, 15) is 4.79 Å². The average molecular weight is 304 g/mol. The van der Waals surface area contributed by atoms with Gasteiger partial charge in [-0.2, -0.15) is 0 Å². The first-order valence-corrected chi connectivity index (χ1v) is 7.70. The number of ketones is 1. The van der Waals surface area contributed by atoms with Crippen LogP contribution in [-0.2, 0) is 0 Å². The van der Waals surface area contributed by atoms with Crippen molar-refractivity contribution in [2.24, 2.45) is 0 Å². The molecular formula is C20H20N2O. The minimum atomic E-state index is 0.0626. The van der Waals surface area contributed by atoms with Gasteiger partial charge < -0.3 is 0 Å². The maximum atomic E-state index is 11.6. The third-order valence-electron chi connectivity index (χ3n) is 4.04. The van der Waals surface area contributed by atoms with Crippen LogP contribution in [0.5, 0.6) is 0 Å². The molecule has 3 aromatic rings. The molecular weight excluding hydrogens is 284 g/mol. The number of carbonyl (C=O) groups is 1. The Hall–Kier alpha value is -2.68. The molecule has 2 aromatic carbocycles. The minimum Gasteiger partial charge on any atom is -0.299 e. The number of hydrogen-bond acceptors (Lipinski definition) is 2. The zero-order valence-corrected chi connectivity index (χ0v) is 13.9. The van der Waals surface area contributed by atoms with Crippen LogP contribution in [0.4, 0.5) is 0 Å². The maximum absolute atomic E-state index is 11.6. The molecule has 1 heterocycles. The molecule has 0 aliphatic rings. The second kappa shape index (κ2) is 5.84. The van der Waals surface area contributed by atoms with Gasteiger partial charge >= 0.3 is 0 Å². The Kier molecular flexibility index (Phi) is 3.87. The van der Waals surface area contributed by atoms with Crippen molar-refractivity contribution in [3.63, 3.8) is 0 Å². The summed E-state index contributed by atoms with van der Waals surface area (Å²) in [5.74, 6) is 0.913. The zero-order chi connectivity index (χ0) is 16.6. The van der Waals surface area contributed by atoms with Gasteiger partial charge in [0.25, 0.3) is 0 Å². The van der Waals surface area contributed by atoms with Crippen molar-refractivity contribution in [1.29, 1.82) is 0 Å². The standard InChI is InChI=1S/C20H20N2O/c1-13-10-14(2)19(15(3)11-13)22-9-8-21-20(22)18-7-5-6-17(12-18)16(4)23/h5-12H,1-4H3. The highest BCUT2D eigenvalue weighted by Gasteiger charge is 2.13. The summed E-state index contributed by atoms with van der Waals surface area (Å²) in [5.41, 5.74) is 6.48. The van der Waals surface area contributed by atoms with E-state index in [1.807, 2.05) is 30.5 Å². The van der Waals surface area contributed by atoms with Crippen LogP contribution in [0.25, 0.3) is 17.1 Å². The van der Waals surface area contributed by atoms with E-state index in [-0.39, 0.29) is 5.78 Å². The first kappa shape index (κ1) is 15.2. The molecule has 0 amide bonds. The molecule has 0 N–H and O–H groups in total. The van der Waals surface area contributed by atoms with E-state index in [1.54, 1.807) is 13.1 Å². The lowest BCUT2D eigenvalue weighted by Gasteiger charge is -2.15. The summed E-state index contributed by atoms with van der Waals surface area (Å²) in [6, 6.07) is 12.0. The second-order valence-electron chi connectivity index (χ2n) is 6.01. The minimum absolute atomic E-state index is 0.0626. The topological polar surface area (TPSA) is 34.9 Å². The Bertz CT molecular complexity index is 867. The van der Waals surface area contributed by atoms with Gasteiger partial charge in [-0.15, -0.1) is 0 Å². The van der Waals surface area contributed by atoms with Gasteiger partial charge in [0.05, 0.1) is 5.69 Å². The van der Waals surface area contributed by atoms with Crippen LogP contribution in [0.15, 0.2) is 48.8 Å². The van der Waals surface area contributed by atoms with Crippen molar-refractivity contribution in [2.75, 3.05) is 0 Å². The molecule has 0 radical (unpaired) electrons. The zero-order valence-electron chi connectivity index (χ0n) is 13.9. The lowest BCUT2D eigenvalue weighted by atomic mass is 10.0. The van der Waals surface area contributed by atoms with Crippen LogP contribution in [0.2, 0.25) is 0 Å². The van der Waals surface area contributed by atoms with E-state index < -0.39 is 0 Å². The molecule has 1 aromatic heterocycles. The van der Waals surface area contributed by atoms with Crippen molar-refractivity contribution < 1.29 is 4.79 Å². The fourth-order valence-corrected chi connectivity index (χ4v) is 3.13. The number of nitrogens with zero attached hydrogens (tertiary/aromatic N) is 2. The number of carbonyl (C=O) groups excluding carboxylic acids is 1. The van der Waals surface area contributed by atoms with E-state index in [0.29, 0.717) is 5.56 Å². The normalized spacial score (nSPS) is 10.8. The molecule has 3 heteroatoms. The van der Waals surface area contributed by atoms with E-state index in [2.05, 4.69) is 42.5 Å². The van der Waals surface area contributed by atoms with Crippen molar-refractivity contribution in [3.05, 3.63) is 71.0 Å². The highest BCUT2D eigenvalue weighted by molar-refractivity contribution is 5.95. The molecule has 0 spiro atoms. The summed E-state index contributed by atoms with van der Waals surface area (Å²) >= 11 is 0. The molecule has 3 nitrogen and oxygen atoms in total. The summed E-state index contributed by atoms with van der Waals surface area (Å²) in [7, 11) is 0. The molecule has 0 bridgehead atoms. The fourth-order valence-electron chi connectivity index (χ4n) is 3.13. The number of hydrogen-bond donors (Lipinski definition) is 0. The molecule has 0 fully saturated rings. The molecule has 0 aliphatic heterocycles. The predicted octanol–water partition coefficient (Wildman–Crippen LogP) is 4.67. The van der Waals surface area contributed by atoms with Crippen LogP contribution in [0.1, 0.15) is 34.0 Å². The number of Topliss-reactive ketones (excluding diaryl/α,β-unsaturated/α-hetero) is 1. The Balaban J connectivity index is 2.18. The smallest absolute Gasteiger partial charge is 0.159 e. The molecule has 0 unspecified atom stereocenters. The summed E-state index contributed by atoms with van der Waals surface area (Å²) in [5, 5.41) is 0. The van der Waals surface area contributed by atoms with Gasteiger partial charge in [-0.3, -0.25) is 9.36 Å². The SMILES string of the molecule is CC(=O)c1cccc(-c2nccn2-c2c(C)cc(C)cc2C)c1. The Labute approximate surface area is 136 Å². The Morgan fingerprint density at radius 1 is 1.04 bits per heavy atom. The monoisotopic (exact) mass is 304 g/mol. The number of aryl methyl sites for hydroxylation is 3. The van der Waals surface area contributed by atoms with E-state index >= 15 is 0 Å². The van der Waals surface area contributed by atoms with Gasteiger partial charge in [0.15, 0.2) is 5.78 Å². The highest BCUT2D eigenvalue weighted by Crippen LogP contribution is 2.27. The van der Waals surface area contributed by atoms with Gasteiger partial charge in [0.1, 0.15) is 5.82 Å². The number of aromatic nitrogens is 2. The van der Waals surface area contributed by atoms with E-state index in [1.165, 1.54) is 16.7 Å². The van der Waals surface area contributed by atoms with Crippen LogP contribution < -0.4 is 0 Å². The second-order valence-corrected chi connectivity index (χ2v) is 6.01. The predicted molar refractivity (Wildman–Crippen MR) is 93.2 cm³/mol. The van der Waals surface area contributed by atoms with E-state index in [4.69, 9.17) is 0 Å². The molecule has 116 valence electrons. The van der Waals surface area contributed by atoms with Crippen molar-refractivity contribution >= 4 is 5.78 Å². The molecule has 0 atom stereocenters. The first-order chi connectivity index (χ1) is 11.0. The number of rotatable bonds is 3. The van der Waals surface area contributed by atoms with Gasteiger partial charge in [-0.1, -0.05) is 35.9 Å². The van der Waals surface area contributed by atoms with Crippen molar-refractivity contribution in [3.8, 4) is 17.1 Å². The third kappa shape index (κ3) is 2.82. The Morgan fingerprint density at radius 2 is 1.74 bits per heavy atom. The average Bonchev–Trinajstić information content (AvgIpc) is 2.95. The lowest BCUT2D eigenvalue weighted by molar-refractivity contribution is 0.101. The number of imidazole rings is 1. The first-order valence-electron chi connectivity index (χ1n) is 7.70. The van der Waals surface area contributed by atoms with Gasteiger partial charge in [-0.05, 0) is 44.9 Å². The largest absolute Gasteiger partial charge is 0.299 e. The summed E-state index contributed by atoms with van der Waals surface area (Å²) in [6.07, 6.45) is 3.77. The van der Waals surface area contributed by atoms with E-state index in [0.717, 1.165) is 17.1 Å². The third-order valence-corrected chi connectivity index (χ3v) is 4.04. The van der Waals surface area contributed by atoms with Crippen LogP contribution in [0, 0.1) is 20.8 Å². The Morgan fingerprint density at radius 3 is 2.39 bits per heavy atom.